The topological polar surface area (TPSA) is 106 Å². The van der Waals surface area contributed by atoms with Gasteiger partial charge in [0.2, 0.25) is 5.76 Å². The molecular weight excluding hydrogens is 446 g/mol. The highest BCUT2D eigenvalue weighted by atomic mass is 16.5. The molecule has 1 aromatic carbocycles. The zero-order valence-corrected chi connectivity index (χ0v) is 18.9. The van der Waals surface area contributed by atoms with Gasteiger partial charge in [-0.15, -0.1) is 0 Å². The minimum absolute atomic E-state index is 0.124. The Hall–Kier alpha value is -4.24. The van der Waals surface area contributed by atoms with Crippen molar-refractivity contribution in [3.05, 3.63) is 77.9 Å². The molecule has 6 rings (SSSR count). The molecule has 0 spiro atoms. The molecule has 1 aliphatic heterocycles. The first-order valence-corrected chi connectivity index (χ1v) is 11.5. The van der Waals surface area contributed by atoms with Gasteiger partial charge in [0, 0.05) is 24.2 Å². The van der Waals surface area contributed by atoms with Crippen LogP contribution in [0.4, 0.5) is 5.69 Å². The summed E-state index contributed by atoms with van der Waals surface area (Å²) in [5, 5.41) is 15.0. The number of para-hydroxylation sites is 1. The van der Waals surface area contributed by atoms with Gasteiger partial charge in [0.05, 0.1) is 36.3 Å². The number of fused-ring (bicyclic) bond motifs is 2. The maximum atomic E-state index is 11.5. The minimum atomic E-state index is -1.12. The first-order chi connectivity index (χ1) is 17.2. The molecule has 9 heteroatoms. The number of aryl methyl sites for hydroxylation is 2. The Morgan fingerprint density at radius 2 is 1.83 bits per heavy atom. The molecule has 0 radical (unpaired) electrons. The summed E-state index contributed by atoms with van der Waals surface area (Å²) in [5.41, 5.74) is 5.01. The zero-order valence-electron chi connectivity index (χ0n) is 18.9. The standard InChI is InChI=1S/C26H23N5O4/c32-26(33)23-10-9-22(35-23)24-20(8-7-18-6-5-17-3-1-2-4-19(17)28-18)29-25-21(11-12-27-31(24)25)30-13-15-34-16-14-30/h1-6,9-12H,7-8,13-16H2,(H,32,33). The van der Waals surface area contributed by atoms with E-state index in [9.17, 15) is 9.90 Å². The van der Waals surface area contributed by atoms with Crippen LogP contribution in [-0.4, -0.2) is 57.0 Å². The summed E-state index contributed by atoms with van der Waals surface area (Å²) in [5.74, 6) is -0.821. The second-order valence-corrected chi connectivity index (χ2v) is 8.42. The fourth-order valence-electron chi connectivity index (χ4n) is 4.53. The summed E-state index contributed by atoms with van der Waals surface area (Å²) < 4.78 is 12.9. The van der Waals surface area contributed by atoms with E-state index < -0.39 is 5.97 Å². The Morgan fingerprint density at radius 1 is 0.971 bits per heavy atom. The normalized spacial score (nSPS) is 14.1. The lowest BCUT2D eigenvalue weighted by molar-refractivity contribution is 0.0663. The number of carboxylic acids is 1. The van der Waals surface area contributed by atoms with Crippen LogP contribution in [0.5, 0.6) is 0 Å². The maximum Gasteiger partial charge on any atom is 0.371 e. The summed E-state index contributed by atoms with van der Waals surface area (Å²) in [6, 6.07) is 17.2. The molecule has 35 heavy (non-hydrogen) atoms. The maximum absolute atomic E-state index is 11.5. The monoisotopic (exact) mass is 469 g/mol. The molecule has 0 atom stereocenters. The smallest absolute Gasteiger partial charge is 0.371 e. The number of hydrogen-bond acceptors (Lipinski definition) is 7. The van der Waals surface area contributed by atoms with Crippen LogP contribution in [0.15, 0.2) is 65.2 Å². The minimum Gasteiger partial charge on any atom is -0.475 e. The number of rotatable bonds is 6. The number of pyridine rings is 1. The van der Waals surface area contributed by atoms with Crippen molar-refractivity contribution in [1.82, 2.24) is 19.6 Å². The number of carboxylic acid groups (broad SMARTS) is 1. The molecule has 5 aromatic rings. The summed E-state index contributed by atoms with van der Waals surface area (Å²) in [7, 11) is 0. The van der Waals surface area contributed by atoms with E-state index in [1.165, 1.54) is 6.07 Å². The Kier molecular flexibility index (Phi) is 5.38. The molecule has 0 bridgehead atoms. The van der Waals surface area contributed by atoms with E-state index in [1.54, 1.807) is 16.8 Å². The molecule has 1 N–H and O–H groups in total. The molecule has 0 amide bonds. The molecular formula is C26H23N5O4. The number of benzene rings is 1. The van der Waals surface area contributed by atoms with Crippen molar-refractivity contribution in [3.63, 3.8) is 0 Å². The number of carbonyl (C=O) groups is 1. The Balaban J connectivity index is 1.42. The van der Waals surface area contributed by atoms with Crippen molar-refractivity contribution in [2.24, 2.45) is 0 Å². The largest absolute Gasteiger partial charge is 0.475 e. The molecule has 0 aliphatic carbocycles. The number of aromatic nitrogens is 4. The number of hydrogen-bond donors (Lipinski definition) is 1. The average molecular weight is 470 g/mol. The molecule has 9 nitrogen and oxygen atoms in total. The van der Waals surface area contributed by atoms with Crippen molar-refractivity contribution in [3.8, 4) is 11.5 Å². The number of aromatic carboxylic acids is 1. The van der Waals surface area contributed by atoms with Gasteiger partial charge in [0.1, 0.15) is 5.69 Å². The van der Waals surface area contributed by atoms with E-state index in [4.69, 9.17) is 19.1 Å². The molecule has 1 saturated heterocycles. The Morgan fingerprint density at radius 3 is 2.66 bits per heavy atom. The first-order valence-electron chi connectivity index (χ1n) is 11.5. The third kappa shape index (κ3) is 4.00. The highest BCUT2D eigenvalue weighted by molar-refractivity contribution is 5.85. The van der Waals surface area contributed by atoms with Gasteiger partial charge in [-0.25, -0.2) is 14.3 Å². The number of ether oxygens (including phenoxy) is 1. The summed E-state index contributed by atoms with van der Waals surface area (Å²) in [6.45, 7) is 2.84. The van der Waals surface area contributed by atoms with Gasteiger partial charge in [0.25, 0.3) is 0 Å². The van der Waals surface area contributed by atoms with Gasteiger partial charge >= 0.3 is 5.97 Å². The number of morpholine rings is 1. The van der Waals surface area contributed by atoms with E-state index in [2.05, 4.69) is 16.1 Å². The van der Waals surface area contributed by atoms with Crippen molar-refractivity contribution in [2.75, 3.05) is 31.2 Å². The van der Waals surface area contributed by atoms with Crippen LogP contribution < -0.4 is 4.90 Å². The van der Waals surface area contributed by atoms with E-state index in [0.29, 0.717) is 43.2 Å². The zero-order chi connectivity index (χ0) is 23.8. The summed E-state index contributed by atoms with van der Waals surface area (Å²) in [6.07, 6.45) is 3.00. The Bertz CT molecular complexity index is 1530. The first kappa shape index (κ1) is 21.3. The summed E-state index contributed by atoms with van der Waals surface area (Å²) >= 11 is 0. The van der Waals surface area contributed by atoms with E-state index in [-0.39, 0.29) is 5.76 Å². The fraction of sp³-hybridized carbons (Fsp3) is 0.231. The van der Waals surface area contributed by atoms with Crippen LogP contribution in [0.1, 0.15) is 21.9 Å². The predicted molar refractivity (Wildman–Crippen MR) is 130 cm³/mol. The van der Waals surface area contributed by atoms with Crippen LogP contribution in [0, 0.1) is 0 Å². The second kappa shape index (κ2) is 8.84. The van der Waals surface area contributed by atoms with E-state index in [1.807, 2.05) is 36.4 Å². The van der Waals surface area contributed by atoms with Crippen molar-refractivity contribution in [2.45, 2.75) is 12.8 Å². The molecule has 5 heterocycles. The van der Waals surface area contributed by atoms with E-state index >= 15 is 0 Å². The number of nitrogens with zero attached hydrogens (tertiary/aromatic N) is 5. The fourth-order valence-corrected chi connectivity index (χ4v) is 4.53. The highest BCUT2D eigenvalue weighted by Gasteiger charge is 2.24. The van der Waals surface area contributed by atoms with Gasteiger partial charge < -0.3 is 19.2 Å². The third-order valence-corrected chi connectivity index (χ3v) is 6.25. The van der Waals surface area contributed by atoms with Crippen LogP contribution in [0.2, 0.25) is 0 Å². The molecule has 4 aromatic heterocycles. The van der Waals surface area contributed by atoms with E-state index in [0.717, 1.165) is 41.1 Å². The van der Waals surface area contributed by atoms with Crippen LogP contribution in [0.3, 0.4) is 0 Å². The van der Waals surface area contributed by atoms with Crippen LogP contribution >= 0.6 is 0 Å². The second-order valence-electron chi connectivity index (χ2n) is 8.42. The van der Waals surface area contributed by atoms with Crippen LogP contribution in [-0.2, 0) is 17.6 Å². The van der Waals surface area contributed by atoms with Gasteiger partial charge in [-0.05, 0) is 43.2 Å². The van der Waals surface area contributed by atoms with Gasteiger partial charge in [0.15, 0.2) is 11.4 Å². The average Bonchev–Trinajstić information content (AvgIpc) is 3.52. The molecule has 1 fully saturated rings. The van der Waals surface area contributed by atoms with Gasteiger partial charge in [-0.2, -0.15) is 5.10 Å². The third-order valence-electron chi connectivity index (χ3n) is 6.25. The quantitative estimate of drug-likeness (QED) is 0.400. The van der Waals surface area contributed by atoms with Crippen molar-refractivity contribution >= 4 is 28.2 Å². The number of imidazole rings is 1. The number of anilines is 1. The lowest BCUT2D eigenvalue weighted by Gasteiger charge is -2.28. The molecule has 0 saturated carbocycles. The Labute approximate surface area is 200 Å². The van der Waals surface area contributed by atoms with Crippen molar-refractivity contribution < 1.29 is 19.1 Å². The lowest BCUT2D eigenvalue weighted by Crippen LogP contribution is -2.36. The van der Waals surface area contributed by atoms with Gasteiger partial charge in [-0.1, -0.05) is 24.3 Å². The molecule has 0 unspecified atom stereocenters. The lowest BCUT2D eigenvalue weighted by atomic mass is 10.1. The SMILES string of the molecule is O=C(O)c1ccc(-c2c(CCc3ccc4ccccc4n3)nc3c(N4CCOCC4)ccnn23)o1. The van der Waals surface area contributed by atoms with Crippen LogP contribution in [0.25, 0.3) is 28.0 Å². The van der Waals surface area contributed by atoms with Crippen molar-refractivity contribution in [1.29, 1.82) is 0 Å². The summed E-state index contributed by atoms with van der Waals surface area (Å²) in [4.78, 5) is 23.5. The molecule has 176 valence electrons. The predicted octanol–water partition coefficient (Wildman–Crippen LogP) is 3.86. The number of furan rings is 1. The molecule has 1 aliphatic rings. The highest BCUT2D eigenvalue weighted by Crippen LogP contribution is 2.31. The van der Waals surface area contributed by atoms with Gasteiger partial charge in [-0.3, -0.25) is 4.98 Å².